The lowest BCUT2D eigenvalue weighted by molar-refractivity contribution is -0.130. The molecule has 0 aliphatic rings. The van der Waals surface area contributed by atoms with Crippen molar-refractivity contribution < 1.29 is 19.2 Å². The lowest BCUT2D eigenvalue weighted by Gasteiger charge is -2.11. The van der Waals surface area contributed by atoms with E-state index in [-0.39, 0.29) is 49.6 Å². The van der Waals surface area contributed by atoms with Gasteiger partial charge in [0, 0.05) is 28.2 Å². The topological polar surface area (TPSA) is 98.8 Å². The van der Waals surface area contributed by atoms with Gasteiger partial charge in [0.1, 0.15) is 0 Å². The molecule has 0 atom stereocenters. The summed E-state index contributed by atoms with van der Waals surface area (Å²) in [5, 5.41) is 5.23. The molecule has 2 N–H and O–H groups in total. The molecular weight excluding hydrogens is 408 g/mol. The maximum Gasteiger partial charge on any atom is 0.241 e. The Morgan fingerprint density at radius 1 is 0.594 bits per heavy atom. The monoisotopic (exact) mass is 438 g/mol. The van der Waals surface area contributed by atoms with E-state index < -0.39 is 0 Å². The third-order valence-electron chi connectivity index (χ3n) is 4.84. The van der Waals surface area contributed by atoms with Crippen LogP contribution >= 0.6 is 0 Å². The molecule has 0 aromatic heterocycles. The van der Waals surface area contributed by atoms with E-state index in [1.54, 1.807) is 28.2 Å². The van der Waals surface area contributed by atoms with E-state index in [0.717, 1.165) is 22.3 Å². The number of hydrogen-bond acceptors (Lipinski definition) is 4. The first kappa shape index (κ1) is 24.6. The molecule has 170 valence electrons. The van der Waals surface area contributed by atoms with Crippen molar-refractivity contribution in [1.29, 1.82) is 0 Å². The molecule has 0 saturated heterocycles. The number of amides is 4. The van der Waals surface area contributed by atoms with Gasteiger partial charge in [0.05, 0.1) is 25.9 Å². The highest BCUT2D eigenvalue weighted by molar-refractivity contribution is 5.86. The first-order valence-electron chi connectivity index (χ1n) is 10.3. The van der Waals surface area contributed by atoms with Crippen LogP contribution in [0.5, 0.6) is 0 Å². The van der Waals surface area contributed by atoms with E-state index >= 15 is 0 Å². The predicted octanol–water partition coefficient (Wildman–Crippen LogP) is 0.847. The van der Waals surface area contributed by atoms with Gasteiger partial charge in [-0.3, -0.25) is 19.2 Å². The predicted molar refractivity (Wildman–Crippen MR) is 123 cm³/mol. The highest BCUT2D eigenvalue weighted by Crippen LogP contribution is 2.21. The summed E-state index contributed by atoms with van der Waals surface area (Å²) in [5.41, 5.74) is 3.68. The SMILES string of the molecule is CN(C)C(=O)CNC(=O)Cc1ccc(-c2ccc(CC(=O)NCC(=O)N(C)C)cc2)cc1. The summed E-state index contributed by atoms with van der Waals surface area (Å²) in [7, 11) is 6.57. The van der Waals surface area contributed by atoms with Crippen LogP contribution in [0, 0.1) is 0 Å². The lowest BCUT2D eigenvalue weighted by Crippen LogP contribution is -2.36. The number of carbonyl (C=O) groups is 4. The van der Waals surface area contributed by atoms with Crippen LogP contribution in [-0.2, 0) is 32.0 Å². The summed E-state index contributed by atoms with van der Waals surface area (Å²) < 4.78 is 0. The van der Waals surface area contributed by atoms with E-state index in [1.165, 1.54) is 9.80 Å². The standard InChI is InChI=1S/C24H30N4O4/c1-27(2)23(31)15-25-21(29)13-17-5-9-19(10-6-17)20-11-7-18(8-12-20)14-22(30)26-16-24(32)28(3)4/h5-12H,13-16H2,1-4H3,(H,25,29)(H,26,30). The fourth-order valence-corrected chi connectivity index (χ4v) is 2.79. The van der Waals surface area contributed by atoms with Gasteiger partial charge in [-0.15, -0.1) is 0 Å². The molecule has 32 heavy (non-hydrogen) atoms. The smallest absolute Gasteiger partial charge is 0.241 e. The molecule has 8 nitrogen and oxygen atoms in total. The molecule has 2 rings (SSSR count). The second-order valence-corrected chi connectivity index (χ2v) is 7.88. The Morgan fingerprint density at radius 2 is 0.906 bits per heavy atom. The molecule has 8 heteroatoms. The molecule has 0 saturated carbocycles. The van der Waals surface area contributed by atoms with Crippen LogP contribution in [0.25, 0.3) is 11.1 Å². The van der Waals surface area contributed by atoms with Gasteiger partial charge in [0.15, 0.2) is 0 Å². The van der Waals surface area contributed by atoms with Gasteiger partial charge in [0.2, 0.25) is 23.6 Å². The van der Waals surface area contributed by atoms with Crippen molar-refractivity contribution >= 4 is 23.6 Å². The fraction of sp³-hybridized carbons (Fsp3) is 0.333. The minimum absolute atomic E-state index is 0.0136. The maximum atomic E-state index is 12.0. The minimum Gasteiger partial charge on any atom is -0.347 e. The van der Waals surface area contributed by atoms with Crippen molar-refractivity contribution in [1.82, 2.24) is 20.4 Å². The van der Waals surface area contributed by atoms with Crippen LogP contribution in [-0.4, -0.2) is 74.7 Å². The molecule has 0 bridgehead atoms. The number of nitrogens with one attached hydrogen (secondary N) is 2. The van der Waals surface area contributed by atoms with Gasteiger partial charge in [-0.25, -0.2) is 0 Å². The summed E-state index contributed by atoms with van der Waals surface area (Å²) in [6, 6.07) is 15.3. The fourth-order valence-electron chi connectivity index (χ4n) is 2.79. The zero-order valence-corrected chi connectivity index (χ0v) is 19.0. The van der Waals surface area contributed by atoms with Crippen LogP contribution < -0.4 is 10.6 Å². The molecule has 0 heterocycles. The number of likely N-dealkylation sites (N-methyl/N-ethyl adjacent to an activating group) is 2. The van der Waals surface area contributed by atoms with Crippen molar-refractivity contribution in [3.05, 3.63) is 59.7 Å². The maximum absolute atomic E-state index is 12.0. The molecule has 4 amide bonds. The van der Waals surface area contributed by atoms with Gasteiger partial charge in [-0.05, 0) is 22.3 Å². The summed E-state index contributed by atoms with van der Waals surface area (Å²) in [6.07, 6.45) is 0.400. The summed E-state index contributed by atoms with van der Waals surface area (Å²) >= 11 is 0. The number of hydrogen-bond donors (Lipinski definition) is 2. The van der Waals surface area contributed by atoms with Crippen LogP contribution in [0.4, 0.5) is 0 Å². The summed E-state index contributed by atoms with van der Waals surface area (Å²) in [4.78, 5) is 49.9. The van der Waals surface area contributed by atoms with Crippen molar-refractivity contribution in [2.24, 2.45) is 0 Å². The van der Waals surface area contributed by atoms with Crippen LogP contribution in [0.3, 0.4) is 0 Å². The molecule has 0 aliphatic carbocycles. The van der Waals surface area contributed by atoms with E-state index in [0.29, 0.717) is 0 Å². The first-order valence-corrected chi connectivity index (χ1v) is 10.3. The normalized spacial score (nSPS) is 10.2. The number of carbonyl (C=O) groups excluding carboxylic acids is 4. The third-order valence-corrected chi connectivity index (χ3v) is 4.84. The Labute approximate surface area is 188 Å². The zero-order chi connectivity index (χ0) is 23.7. The Balaban J connectivity index is 1.87. The average molecular weight is 439 g/mol. The summed E-state index contributed by atoms with van der Waals surface area (Å²) in [6.45, 7) is -0.0273. The molecule has 0 aliphatic heterocycles. The molecule has 2 aromatic rings. The van der Waals surface area contributed by atoms with Crippen molar-refractivity contribution in [2.45, 2.75) is 12.8 Å². The molecule has 0 radical (unpaired) electrons. The van der Waals surface area contributed by atoms with Gasteiger partial charge in [0.25, 0.3) is 0 Å². The van der Waals surface area contributed by atoms with Crippen LogP contribution in [0.2, 0.25) is 0 Å². The number of nitrogens with zero attached hydrogens (tertiary/aromatic N) is 2. The second-order valence-electron chi connectivity index (χ2n) is 7.88. The molecule has 0 unspecified atom stereocenters. The molecular formula is C24H30N4O4. The van der Waals surface area contributed by atoms with E-state index in [2.05, 4.69) is 10.6 Å². The average Bonchev–Trinajstić information content (AvgIpc) is 2.76. The van der Waals surface area contributed by atoms with Crippen molar-refractivity contribution in [3.63, 3.8) is 0 Å². The Bertz CT molecular complexity index is 871. The Kier molecular flexibility index (Phi) is 8.95. The largest absolute Gasteiger partial charge is 0.347 e. The number of rotatable bonds is 9. The molecule has 0 fully saturated rings. The lowest BCUT2D eigenvalue weighted by atomic mass is 10.0. The number of benzene rings is 2. The third kappa shape index (κ3) is 7.86. The zero-order valence-electron chi connectivity index (χ0n) is 19.0. The highest BCUT2D eigenvalue weighted by atomic mass is 16.2. The van der Waals surface area contributed by atoms with Gasteiger partial charge >= 0.3 is 0 Å². The van der Waals surface area contributed by atoms with Gasteiger partial charge in [-0.1, -0.05) is 48.5 Å². The minimum atomic E-state index is -0.206. The van der Waals surface area contributed by atoms with Crippen LogP contribution in [0.1, 0.15) is 11.1 Å². The Morgan fingerprint density at radius 3 is 1.19 bits per heavy atom. The van der Waals surface area contributed by atoms with Crippen LogP contribution in [0.15, 0.2) is 48.5 Å². The Hall–Kier alpha value is -3.68. The van der Waals surface area contributed by atoms with Gasteiger partial charge in [-0.2, -0.15) is 0 Å². The van der Waals surface area contributed by atoms with E-state index in [9.17, 15) is 19.2 Å². The van der Waals surface area contributed by atoms with Crippen molar-refractivity contribution in [3.8, 4) is 11.1 Å². The molecule has 0 spiro atoms. The first-order chi connectivity index (χ1) is 15.2. The second kappa shape index (κ2) is 11.6. The van der Waals surface area contributed by atoms with E-state index in [1.807, 2.05) is 48.5 Å². The van der Waals surface area contributed by atoms with Gasteiger partial charge < -0.3 is 20.4 Å². The van der Waals surface area contributed by atoms with Crippen molar-refractivity contribution in [2.75, 3.05) is 41.3 Å². The summed E-state index contributed by atoms with van der Waals surface area (Å²) in [5.74, 6) is -0.723. The quantitative estimate of drug-likeness (QED) is 0.606. The van der Waals surface area contributed by atoms with E-state index in [4.69, 9.17) is 0 Å². The molecule has 2 aromatic carbocycles. The highest BCUT2D eigenvalue weighted by Gasteiger charge is 2.10.